The maximum absolute atomic E-state index is 13.8. The lowest BCUT2D eigenvalue weighted by Crippen LogP contribution is -2.54. The molecule has 4 fully saturated rings. The monoisotopic (exact) mass is 369 g/mol. The number of hydrogen-bond donors (Lipinski definition) is 0. The van der Waals surface area contributed by atoms with E-state index in [0.29, 0.717) is 12.5 Å². The van der Waals surface area contributed by atoms with Gasteiger partial charge < -0.3 is 9.32 Å². The average molecular weight is 370 g/mol. The summed E-state index contributed by atoms with van der Waals surface area (Å²) in [5.74, 6) is 3.70. The second-order valence-corrected chi connectivity index (χ2v) is 9.87. The first-order valence-electron chi connectivity index (χ1n) is 10.0. The third-order valence-electron chi connectivity index (χ3n) is 6.91. The lowest BCUT2D eigenvalue weighted by atomic mass is 9.49. The van der Waals surface area contributed by atoms with Crippen molar-refractivity contribution in [1.29, 1.82) is 0 Å². The minimum Gasteiger partial charge on any atom is -0.467 e. The van der Waals surface area contributed by atoms with Gasteiger partial charge in [0.05, 0.1) is 18.2 Å². The fourth-order valence-corrected chi connectivity index (χ4v) is 6.95. The first-order valence-corrected chi connectivity index (χ1v) is 10.9. The molecular formula is C22H27NO2S. The van der Waals surface area contributed by atoms with Gasteiger partial charge in [-0.1, -0.05) is 6.07 Å². The summed E-state index contributed by atoms with van der Waals surface area (Å²) in [6.07, 6.45) is 10.2. The number of amides is 1. The number of rotatable bonds is 6. The van der Waals surface area contributed by atoms with Crippen LogP contribution in [0.15, 0.2) is 40.3 Å². The molecule has 3 nitrogen and oxygen atoms in total. The van der Waals surface area contributed by atoms with Gasteiger partial charge in [0.2, 0.25) is 5.91 Å². The summed E-state index contributed by atoms with van der Waals surface area (Å²) < 4.78 is 5.58. The highest BCUT2D eigenvalue weighted by atomic mass is 32.1. The number of thiophene rings is 1. The molecule has 4 aliphatic carbocycles. The third-order valence-corrected chi connectivity index (χ3v) is 7.85. The zero-order valence-electron chi connectivity index (χ0n) is 15.2. The molecule has 1 amide bonds. The van der Waals surface area contributed by atoms with Gasteiger partial charge in [-0.25, -0.2) is 0 Å². The van der Waals surface area contributed by atoms with Crippen molar-refractivity contribution in [3.05, 3.63) is 46.5 Å². The molecule has 0 N–H and O–H groups in total. The molecule has 26 heavy (non-hydrogen) atoms. The second-order valence-electron chi connectivity index (χ2n) is 8.83. The Morgan fingerprint density at radius 2 is 1.85 bits per heavy atom. The molecular weight excluding hydrogens is 342 g/mol. The molecule has 2 heterocycles. The molecule has 0 unspecified atom stereocenters. The molecule has 0 saturated heterocycles. The molecule has 0 atom stereocenters. The Morgan fingerprint density at radius 1 is 1.12 bits per heavy atom. The fraction of sp³-hybridized carbons (Fsp3) is 0.591. The van der Waals surface area contributed by atoms with E-state index < -0.39 is 0 Å². The Balaban J connectivity index is 1.37. The van der Waals surface area contributed by atoms with E-state index in [1.807, 2.05) is 12.1 Å². The molecule has 0 aliphatic heterocycles. The van der Waals surface area contributed by atoms with Gasteiger partial charge in [-0.05, 0) is 86.3 Å². The van der Waals surface area contributed by atoms with Crippen LogP contribution >= 0.6 is 11.3 Å². The highest BCUT2D eigenvalue weighted by Gasteiger charge is 2.55. The number of carbonyl (C=O) groups excluding carboxylic acids is 1. The van der Waals surface area contributed by atoms with Gasteiger partial charge in [0.25, 0.3) is 0 Å². The van der Waals surface area contributed by atoms with E-state index in [2.05, 4.69) is 22.4 Å². The third kappa shape index (κ3) is 3.02. The fourth-order valence-electron chi connectivity index (χ4n) is 6.25. The summed E-state index contributed by atoms with van der Waals surface area (Å²) in [6, 6.07) is 8.18. The van der Waals surface area contributed by atoms with E-state index in [0.717, 1.165) is 55.7 Å². The minimum absolute atomic E-state index is 0.0726. The summed E-state index contributed by atoms with van der Waals surface area (Å²) in [7, 11) is 0. The van der Waals surface area contributed by atoms with Crippen LogP contribution in [-0.2, 0) is 17.8 Å². The number of hydrogen-bond acceptors (Lipinski definition) is 3. The molecule has 0 spiro atoms. The van der Waals surface area contributed by atoms with E-state index in [9.17, 15) is 4.79 Å². The Bertz CT molecular complexity index is 714. The van der Waals surface area contributed by atoms with Crippen LogP contribution in [0.1, 0.15) is 49.2 Å². The zero-order valence-corrected chi connectivity index (χ0v) is 16.0. The van der Waals surface area contributed by atoms with Crippen LogP contribution in [0, 0.1) is 23.2 Å². The number of nitrogens with zero attached hydrogens (tertiary/aromatic N) is 1. The van der Waals surface area contributed by atoms with E-state index >= 15 is 0 Å². The van der Waals surface area contributed by atoms with Crippen molar-refractivity contribution in [3.8, 4) is 0 Å². The van der Waals surface area contributed by atoms with Crippen molar-refractivity contribution in [1.82, 2.24) is 4.90 Å². The summed E-state index contributed by atoms with van der Waals surface area (Å²) in [4.78, 5) is 17.2. The van der Waals surface area contributed by atoms with E-state index in [1.54, 1.807) is 17.6 Å². The van der Waals surface area contributed by atoms with Crippen LogP contribution in [0.2, 0.25) is 0 Å². The number of furan rings is 1. The second kappa shape index (κ2) is 6.56. The Hall–Kier alpha value is -1.55. The molecule has 0 radical (unpaired) electrons. The molecule has 2 aromatic heterocycles. The van der Waals surface area contributed by atoms with Crippen molar-refractivity contribution in [2.45, 2.75) is 51.5 Å². The highest BCUT2D eigenvalue weighted by Crippen LogP contribution is 2.60. The molecule has 0 aromatic carbocycles. The highest BCUT2D eigenvalue weighted by molar-refractivity contribution is 7.09. The van der Waals surface area contributed by atoms with Gasteiger partial charge in [-0.2, -0.15) is 0 Å². The van der Waals surface area contributed by atoms with Crippen molar-refractivity contribution in [3.63, 3.8) is 0 Å². The van der Waals surface area contributed by atoms with E-state index in [-0.39, 0.29) is 5.41 Å². The maximum atomic E-state index is 13.8. The lowest BCUT2D eigenvalue weighted by molar-refractivity contribution is -0.158. The number of carbonyl (C=O) groups is 1. The average Bonchev–Trinajstić information content (AvgIpc) is 3.30. The van der Waals surface area contributed by atoms with Gasteiger partial charge in [-0.3, -0.25) is 4.79 Å². The summed E-state index contributed by atoms with van der Waals surface area (Å²) >= 11 is 1.78. The predicted octanol–water partition coefficient (Wildman–Crippen LogP) is 5.13. The van der Waals surface area contributed by atoms with Gasteiger partial charge >= 0.3 is 0 Å². The Morgan fingerprint density at radius 3 is 2.42 bits per heavy atom. The van der Waals surface area contributed by atoms with Crippen molar-refractivity contribution >= 4 is 17.2 Å². The van der Waals surface area contributed by atoms with Gasteiger partial charge in [-0.15, -0.1) is 11.3 Å². The van der Waals surface area contributed by atoms with Crippen LogP contribution in [0.25, 0.3) is 0 Å². The van der Waals surface area contributed by atoms with Gasteiger partial charge in [0.15, 0.2) is 0 Å². The smallest absolute Gasteiger partial charge is 0.229 e. The van der Waals surface area contributed by atoms with Crippen molar-refractivity contribution in [2.75, 3.05) is 6.54 Å². The van der Waals surface area contributed by atoms with Crippen molar-refractivity contribution in [2.24, 2.45) is 23.2 Å². The predicted molar refractivity (Wildman–Crippen MR) is 103 cm³/mol. The SMILES string of the molecule is O=C(N(CCc1cccs1)Cc1ccco1)C12CC3CC(CC(C3)C1)C2. The largest absolute Gasteiger partial charge is 0.467 e. The molecule has 2 aromatic rings. The Labute approximate surface area is 159 Å². The first-order chi connectivity index (χ1) is 12.7. The minimum atomic E-state index is -0.0726. The lowest BCUT2D eigenvalue weighted by Gasteiger charge is -2.56. The molecule has 4 heteroatoms. The molecule has 6 rings (SSSR count). The molecule has 4 aliphatic rings. The van der Waals surface area contributed by atoms with E-state index in [4.69, 9.17) is 4.42 Å². The Kier molecular flexibility index (Phi) is 4.19. The molecule has 4 bridgehead atoms. The normalized spacial score (nSPS) is 32.1. The van der Waals surface area contributed by atoms with Crippen LogP contribution in [0.4, 0.5) is 0 Å². The molecule has 4 saturated carbocycles. The zero-order chi connectivity index (χ0) is 17.6. The maximum Gasteiger partial charge on any atom is 0.229 e. The quantitative estimate of drug-likeness (QED) is 0.707. The van der Waals surface area contributed by atoms with Gasteiger partial charge in [0.1, 0.15) is 5.76 Å². The topological polar surface area (TPSA) is 33.5 Å². The van der Waals surface area contributed by atoms with E-state index in [1.165, 1.54) is 24.1 Å². The standard InChI is InChI=1S/C22H27NO2S/c24-21(22-12-16-9-17(13-22)11-18(10-16)14-22)23(15-19-3-1-7-25-19)6-5-20-4-2-8-26-20/h1-4,7-8,16-18H,5-6,9-15H2. The first kappa shape index (κ1) is 16.6. The molecule has 138 valence electrons. The van der Waals surface area contributed by atoms with Crippen LogP contribution in [0.5, 0.6) is 0 Å². The van der Waals surface area contributed by atoms with Gasteiger partial charge in [0, 0.05) is 11.4 Å². The summed E-state index contributed by atoms with van der Waals surface area (Å²) in [5, 5.41) is 2.12. The van der Waals surface area contributed by atoms with Crippen LogP contribution in [-0.4, -0.2) is 17.4 Å². The van der Waals surface area contributed by atoms with Crippen molar-refractivity contribution < 1.29 is 9.21 Å². The summed E-state index contributed by atoms with van der Waals surface area (Å²) in [6.45, 7) is 1.40. The van der Waals surface area contributed by atoms with Crippen LogP contribution < -0.4 is 0 Å². The van der Waals surface area contributed by atoms with Crippen LogP contribution in [0.3, 0.4) is 0 Å². The summed E-state index contributed by atoms with van der Waals surface area (Å²) in [5.41, 5.74) is -0.0726.